The van der Waals surface area contributed by atoms with Gasteiger partial charge in [0.15, 0.2) is 0 Å². The first-order valence-electron chi connectivity index (χ1n) is 4.92. The molecule has 82 valence electrons. The molecule has 14 heavy (non-hydrogen) atoms. The van der Waals surface area contributed by atoms with Gasteiger partial charge in [-0.25, -0.2) is 0 Å². The van der Waals surface area contributed by atoms with E-state index in [1.165, 1.54) is 0 Å². The summed E-state index contributed by atoms with van der Waals surface area (Å²) in [5, 5.41) is 4.84. The van der Waals surface area contributed by atoms with E-state index in [0.717, 1.165) is 30.3 Å². The number of rotatable bonds is 4. The van der Waals surface area contributed by atoms with E-state index in [2.05, 4.69) is 5.10 Å². The van der Waals surface area contributed by atoms with Gasteiger partial charge in [0, 0.05) is 25.8 Å². The van der Waals surface area contributed by atoms with Gasteiger partial charge in [0.1, 0.15) is 5.15 Å². The van der Waals surface area contributed by atoms with Gasteiger partial charge in [-0.05, 0) is 13.3 Å². The highest BCUT2D eigenvalue weighted by Gasteiger charge is 2.02. The number of methoxy groups -OCH3 is 1. The van der Waals surface area contributed by atoms with Crippen LogP contribution in [0.1, 0.15) is 25.8 Å². The van der Waals surface area contributed by atoms with Crippen LogP contribution in [0, 0.1) is 6.92 Å². The molecule has 0 aromatic carbocycles. The van der Waals surface area contributed by atoms with E-state index in [1.807, 2.05) is 20.8 Å². The van der Waals surface area contributed by atoms with Crippen LogP contribution in [-0.2, 0) is 11.3 Å². The van der Waals surface area contributed by atoms with E-state index in [1.54, 1.807) is 18.0 Å². The molecule has 1 heterocycles. The summed E-state index contributed by atoms with van der Waals surface area (Å²) in [4.78, 5) is 0. The normalized spacial score (nSPS) is 9.50. The van der Waals surface area contributed by atoms with Crippen LogP contribution in [0.5, 0.6) is 0 Å². The van der Waals surface area contributed by atoms with Crippen molar-refractivity contribution < 1.29 is 4.74 Å². The minimum atomic E-state index is 0.728. The third-order valence-corrected chi connectivity index (χ3v) is 2.15. The first kappa shape index (κ1) is 13.5. The lowest BCUT2D eigenvalue weighted by atomic mass is 10.4. The van der Waals surface area contributed by atoms with Crippen LogP contribution < -0.4 is 0 Å². The average molecular weight is 219 g/mol. The van der Waals surface area contributed by atoms with Crippen molar-refractivity contribution in [2.75, 3.05) is 13.7 Å². The summed E-state index contributed by atoms with van der Waals surface area (Å²) < 4.78 is 6.71. The molecule has 3 nitrogen and oxygen atoms in total. The number of halogens is 1. The van der Waals surface area contributed by atoms with Crippen molar-refractivity contribution in [1.29, 1.82) is 0 Å². The van der Waals surface area contributed by atoms with Crippen LogP contribution in [0.4, 0.5) is 0 Å². The molecule has 0 saturated carbocycles. The summed E-state index contributed by atoms with van der Waals surface area (Å²) >= 11 is 5.95. The van der Waals surface area contributed by atoms with E-state index in [9.17, 15) is 0 Å². The SMILES string of the molecule is CC.COCCCn1ncc(C)c1Cl. The molecule has 0 aliphatic carbocycles. The standard InChI is InChI=1S/C8H13ClN2O.C2H6/c1-7-6-10-11(8(7)9)4-3-5-12-2;1-2/h6H,3-5H2,1-2H3;1-2H3. The molecule has 0 amide bonds. The highest BCUT2D eigenvalue weighted by atomic mass is 35.5. The quantitative estimate of drug-likeness (QED) is 0.727. The molecule has 0 aliphatic rings. The van der Waals surface area contributed by atoms with Crippen molar-refractivity contribution in [2.24, 2.45) is 0 Å². The zero-order valence-electron chi connectivity index (χ0n) is 9.38. The van der Waals surface area contributed by atoms with E-state index >= 15 is 0 Å². The van der Waals surface area contributed by atoms with Gasteiger partial charge in [0.05, 0.1) is 6.20 Å². The Kier molecular flexibility index (Phi) is 7.52. The zero-order valence-corrected chi connectivity index (χ0v) is 10.1. The predicted octanol–water partition coefficient (Wildman–Crippen LogP) is 2.91. The Bertz CT molecular complexity index is 248. The highest BCUT2D eigenvalue weighted by molar-refractivity contribution is 6.30. The molecular formula is C10H19ClN2O. The molecular weight excluding hydrogens is 200 g/mol. The number of ether oxygens (including phenoxy) is 1. The predicted molar refractivity (Wildman–Crippen MR) is 59.8 cm³/mol. The summed E-state index contributed by atoms with van der Waals surface area (Å²) in [5.74, 6) is 0. The van der Waals surface area contributed by atoms with E-state index in [0.29, 0.717) is 0 Å². The Morgan fingerprint density at radius 3 is 2.57 bits per heavy atom. The second kappa shape index (κ2) is 7.83. The maximum atomic E-state index is 5.95. The minimum Gasteiger partial charge on any atom is -0.385 e. The van der Waals surface area contributed by atoms with Crippen LogP contribution in [0.3, 0.4) is 0 Å². The summed E-state index contributed by atoms with van der Waals surface area (Å²) in [5.41, 5.74) is 1.02. The first-order chi connectivity index (χ1) is 6.75. The number of aromatic nitrogens is 2. The van der Waals surface area contributed by atoms with Crippen LogP contribution >= 0.6 is 11.6 Å². The van der Waals surface area contributed by atoms with Gasteiger partial charge in [-0.1, -0.05) is 25.4 Å². The number of nitrogens with zero attached hydrogens (tertiary/aromatic N) is 2. The second-order valence-electron chi connectivity index (χ2n) is 2.69. The summed E-state index contributed by atoms with van der Waals surface area (Å²) in [7, 11) is 1.69. The molecule has 1 aromatic heterocycles. The molecule has 0 radical (unpaired) electrons. The van der Waals surface area contributed by atoms with E-state index in [-0.39, 0.29) is 0 Å². The van der Waals surface area contributed by atoms with E-state index in [4.69, 9.17) is 16.3 Å². The Balaban J connectivity index is 0.000000791. The molecule has 0 N–H and O–H groups in total. The molecule has 4 heteroatoms. The van der Waals surface area contributed by atoms with Crippen molar-refractivity contribution in [3.63, 3.8) is 0 Å². The number of aryl methyl sites for hydroxylation is 2. The maximum absolute atomic E-state index is 5.95. The fourth-order valence-electron chi connectivity index (χ4n) is 0.978. The monoisotopic (exact) mass is 218 g/mol. The fraction of sp³-hybridized carbons (Fsp3) is 0.700. The minimum absolute atomic E-state index is 0.728. The lowest BCUT2D eigenvalue weighted by Gasteiger charge is -2.01. The van der Waals surface area contributed by atoms with Gasteiger partial charge in [-0.15, -0.1) is 0 Å². The summed E-state index contributed by atoms with van der Waals surface area (Å²) in [6, 6.07) is 0. The van der Waals surface area contributed by atoms with Gasteiger partial charge in [0.25, 0.3) is 0 Å². The lowest BCUT2D eigenvalue weighted by Crippen LogP contribution is -2.02. The third kappa shape index (κ3) is 4.11. The van der Waals surface area contributed by atoms with Crippen molar-refractivity contribution in [2.45, 2.75) is 33.7 Å². The van der Waals surface area contributed by atoms with Crippen molar-refractivity contribution in [3.8, 4) is 0 Å². The third-order valence-electron chi connectivity index (χ3n) is 1.66. The number of hydrogen-bond acceptors (Lipinski definition) is 2. The van der Waals surface area contributed by atoms with Crippen molar-refractivity contribution >= 4 is 11.6 Å². The Morgan fingerprint density at radius 1 is 1.50 bits per heavy atom. The first-order valence-corrected chi connectivity index (χ1v) is 5.30. The Hall–Kier alpha value is -0.540. The van der Waals surface area contributed by atoms with Crippen molar-refractivity contribution in [1.82, 2.24) is 9.78 Å². The van der Waals surface area contributed by atoms with E-state index < -0.39 is 0 Å². The van der Waals surface area contributed by atoms with Crippen LogP contribution in [-0.4, -0.2) is 23.5 Å². The van der Waals surface area contributed by atoms with Crippen molar-refractivity contribution in [3.05, 3.63) is 16.9 Å². The van der Waals surface area contributed by atoms with Crippen LogP contribution in [0.15, 0.2) is 6.20 Å². The summed E-state index contributed by atoms with van der Waals surface area (Å²) in [6.45, 7) is 7.51. The van der Waals surface area contributed by atoms with Gasteiger partial charge in [0.2, 0.25) is 0 Å². The lowest BCUT2D eigenvalue weighted by molar-refractivity contribution is 0.189. The molecule has 0 bridgehead atoms. The molecule has 0 unspecified atom stereocenters. The van der Waals surface area contributed by atoms with Gasteiger partial charge in [-0.2, -0.15) is 5.10 Å². The largest absolute Gasteiger partial charge is 0.385 e. The molecule has 0 saturated heterocycles. The molecule has 0 atom stereocenters. The topological polar surface area (TPSA) is 27.1 Å². The Labute approximate surface area is 91.0 Å². The number of hydrogen-bond donors (Lipinski definition) is 0. The molecule has 1 aromatic rings. The van der Waals surface area contributed by atoms with Gasteiger partial charge in [-0.3, -0.25) is 4.68 Å². The average Bonchev–Trinajstić information content (AvgIpc) is 2.53. The van der Waals surface area contributed by atoms with Crippen LogP contribution in [0.25, 0.3) is 0 Å². The summed E-state index contributed by atoms with van der Waals surface area (Å²) in [6.07, 6.45) is 2.71. The van der Waals surface area contributed by atoms with Crippen LogP contribution in [0.2, 0.25) is 5.15 Å². The fourth-order valence-corrected chi connectivity index (χ4v) is 1.16. The molecule has 0 spiro atoms. The second-order valence-corrected chi connectivity index (χ2v) is 3.05. The Morgan fingerprint density at radius 2 is 2.14 bits per heavy atom. The van der Waals surface area contributed by atoms with Gasteiger partial charge >= 0.3 is 0 Å². The van der Waals surface area contributed by atoms with Gasteiger partial charge < -0.3 is 4.74 Å². The smallest absolute Gasteiger partial charge is 0.129 e. The highest BCUT2D eigenvalue weighted by Crippen LogP contribution is 2.13. The molecule has 0 fully saturated rings. The molecule has 1 rings (SSSR count). The molecule has 0 aliphatic heterocycles. The zero-order chi connectivity index (χ0) is 11.0. The maximum Gasteiger partial charge on any atom is 0.129 e.